The third-order valence-electron chi connectivity index (χ3n) is 2.89. The number of benzene rings is 1. The van der Waals surface area contributed by atoms with Gasteiger partial charge in [0.1, 0.15) is 4.90 Å². The molecule has 0 aromatic heterocycles. The molecule has 2 rings (SSSR count). The van der Waals surface area contributed by atoms with Crippen LogP contribution in [0.3, 0.4) is 0 Å². The number of rotatable bonds is 2. The van der Waals surface area contributed by atoms with E-state index in [1.54, 1.807) is 0 Å². The highest BCUT2D eigenvalue weighted by Gasteiger charge is 2.32. The Balaban J connectivity index is 2.45. The van der Waals surface area contributed by atoms with Crippen molar-refractivity contribution < 1.29 is 8.42 Å². The lowest BCUT2D eigenvalue weighted by Gasteiger charge is -2.29. The molecule has 1 aliphatic rings. The molecule has 1 atom stereocenters. The van der Waals surface area contributed by atoms with Gasteiger partial charge in [-0.2, -0.15) is 4.31 Å². The number of hydrogen-bond donors (Lipinski definition) is 0. The first-order valence-corrected chi connectivity index (χ1v) is 9.51. The molecule has 1 fully saturated rings. The first-order chi connectivity index (χ1) is 8.82. The highest BCUT2D eigenvalue weighted by atomic mass is 79.9. The van der Waals surface area contributed by atoms with Crippen LogP contribution in [-0.2, 0) is 10.0 Å². The molecule has 106 valence electrons. The van der Waals surface area contributed by atoms with Crippen molar-refractivity contribution in [2.75, 3.05) is 13.1 Å². The zero-order valence-corrected chi connectivity index (χ0v) is 15.2. The zero-order chi connectivity index (χ0) is 14.2. The standard InChI is InChI=1S/C11H11Br2Cl2NO2S/c12-7-2-1-3-16(6-7)19(17,18)11-9(14)4-8(13)5-10(11)15/h4-5,7H,1-3,6H2. The average molecular weight is 452 g/mol. The van der Waals surface area contributed by atoms with Crippen molar-refractivity contribution in [1.82, 2.24) is 4.31 Å². The van der Waals surface area contributed by atoms with Crippen molar-refractivity contribution >= 4 is 65.1 Å². The maximum atomic E-state index is 12.6. The molecule has 0 spiro atoms. The molecule has 0 N–H and O–H groups in total. The van der Waals surface area contributed by atoms with Crippen LogP contribution in [0, 0.1) is 0 Å². The van der Waals surface area contributed by atoms with Gasteiger partial charge in [0, 0.05) is 22.4 Å². The normalized spacial score (nSPS) is 21.6. The van der Waals surface area contributed by atoms with Crippen LogP contribution in [0.4, 0.5) is 0 Å². The number of piperidine rings is 1. The van der Waals surface area contributed by atoms with Gasteiger partial charge in [0.2, 0.25) is 10.0 Å². The van der Waals surface area contributed by atoms with Gasteiger partial charge in [-0.05, 0) is 25.0 Å². The molecule has 0 bridgehead atoms. The SMILES string of the molecule is O=S(=O)(c1c(Cl)cc(Br)cc1Cl)N1CCCC(Br)C1. The van der Waals surface area contributed by atoms with Crippen molar-refractivity contribution in [3.05, 3.63) is 26.7 Å². The Morgan fingerprint density at radius 2 is 1.84 bits per heavy atom. The van der Waals surface area contributed by atoms with E-state index in [2.05, 4.69) is 31.9 Å². The predicted octanol–water partition coefficient (Wildman–Crippen LogP) is 4.30. The maximum absolute atomic E-state index is 12.6. The van der Waals surface area contributed by atoms with E-state index >= 15 is 0 Å². The fourth-order valence-corrected chi connectivity index (χ4v) is 6.29. The lowest BCUT2D eigenvalue weighted by Crippen LogP contribution is -2.40. The van der Waals surface area contributed by atoms with E-state index in [1.807, 2.05) is 0 Å². The van der Waals surface area contributed by atoms with Crippen molar-refractivity contribution in [1.29, 1.82) is 0 Å². The fraction of sp³-hybridized carbons (Fsp3) is 0.455. The summed E-state index contributed by atoms with van der Waals surface area (Å²) in [6.07, 6.45) is 1.79. The minimum Gasteiger partial charge on any atom is -0.207 e. The van der Waals surface area contributed by atoms with Gasteiger partial charge in [-0.3, -0.25) is 0 Å². The quantitative estimate of drug-likeness (QED) is 0.628. The molecular formula is C11H11Br2Cl2NO2S. The summed E-state index contributed by atoms with van der Waals surface area (Å²) >= 11 is 18.8. The first kappa shape index (κ1) is 16.0. The Morgan fingerprint density at radius 1 is 1.26 bits per heavy atom. The molecule has 0 radical (unpaired) electrons. The summed E-state index contributed by atoms with van der Waals surface area (Å²) in [5.74, 6) is 0. The Bertz CT molecular complexity index is 571. The molecule has 1 saturated heterocycles. The molecule has 3 nitrogen and oxygen atoms in total. The second kappa shape index (κ2) is 6.20. The molecule has 1 heterocycles. The van der Waals surface area contributed by atoms with E-state index in [-0.39, 0.29) is 19.8 Å². The van der Waals surface area contributed by atoms with Gasteiger partial charge in [-0.1, -0.05) is 55.1 Å². The molecule has 0 aliphatic carbocycles. The van der Waals surface area contributed by atoms with Crippen LogP contribution in [-0.4, -0.2) is 30.6 Å². The molecule has 1 aliphatic heterocycles. The van der Waals surface area contributed by atoms with Crippen molar-refractivity contribution in [2.45, 2.75) is 22.6 Å². The summed E-state index contributed by atoms with van der Waals surface area (Å²) in [4.78, 5) is 0.157. The third kappa shape index (κ3) is 3.47. The Labute approximate surface area is 139 Å². The van der Waals surface area contributed by atoms with Crippen molar-refractivity contribution in [3.8, 4) is 0 Å². The Kier molecular flexibility index (Phi) is 5.23. The van der Waals surface area contributed by atoms with E-state index < -0.39 is 10.0 Å². The molecule has 0 amide bonds. The predicted molar refractivity (Wildman–Crippen MR) is 84.9 cm³/mol. The van der Waals surface area contributed by atoms with Gasteiger partial charge < -0.3 is 0 Å². The summed E-state index contributed by atoms with van der Waals surface area (Å²) in [7, 11) is -3.65. The van der Waals surface area contributed by atoms with Crippen LogP contribution in [0.25, 0.3) is 0 Å². The molecular weight excluding hydrogens is 441 g/mol. The molecule has 1 aromatic carbocycles. The Morgan fingerprint density at radius 3 is 2.37 bits per heavy atom. The van der Waals surface area contributed by atoms with E-state index in [0.29, 0.717) is 17.6 Å². The van der Waals surface area contributed by atoms with Gasteiger partial charge in [0.15, 0.2) is 0 Å². The summed E-state index contributed by atoms with van der Waals surface area (Å²) in [5.41, 5.74) is 0. The number of hydrogen-bond acceptors (Lipinski definition) is 2. The highest BCUT2D eigenvalue weighted by molar-refractivity contribution is 9.10. The second-order valence-corrected chi connectivity index (χ2v) is 9.20. The average Bonchev–Trinajstić information content (AvgIpc) is 2.26. The van der Waals surface area contributed by atoms with E-state index in [9.17, 15) is 8.42 Å². The largest absolute Gasteiger partial charge is 0.246 e. The summed E-state index contributed by atoms with van der Waals surface area (Å²) < 4.78 is 27.3. The monoisotopic (exact) mass is 449 g/mol. The highest BCUT2D eigenvalue weighted by Crippen LogP contribution is 2.35. The first-order valence-electron chi connectivity index (χ1n) is 5.61. The van der Waals surface area contributed by atoms with Gasteiger partial charge in [-0.25, -0.2) is 8.42 Å². The molecule has 19 heavy (non-hydrogen) atoms. The zero-order valence-electron chi connectivity index (χ0n) is 9.74. The van der Waals surface area contributed by atoms with Gasteiger partial charge in [-0.15, -0.1) is 0 Å². The van der Waals surface area contributed by atoms with Crippen LogP contribution in [0.15, 0.2) is 21.5 Å². The van der Waals surface area contributed by atoms with Crippen LogP contribution in [0.1, 0.15) is 12.8 Å². The minimum atomic E-state index is -3.65. The van der Waals surface area contributed by atoms with Crippen LogP contribution in [0.5, 0.6) is 0 Å². The summed E-state index contributed by atoms with van der Waals surface area (Å²) in [6.45, 7) is 0.929. The summed E-state index contributed by atoms with van der Waals surface area (Å²) in [6, 6.07) is 3.08. The van der Waals surface area contributed by atoms with Crippen LogP contribution >= 0.6 is 55.1 Å². The molecule has 8 heteroatoms. The minimum absolute atomic E-state index is 0.0133. The lowest BCUT2D eigenvalue weighted by atomic mass is 10.2. The number of halogens is 4. The van der Waals surface area contributed by atoms with Crippen LogP contribution in [0.2, 0.25) is 10.0 Å². The summed E-state index contributed by atoms with van der Waals surface area (Å²) in [5, 5.41) is 0.271. The van der Waals surface area contributed by atoms with Crippen molar-refractivity contribution in [3.63, 3.8) is 0 Å². The second-order valence-electron chi connectivity index (χ2n) is 4.30. The Hall–Kier alpha value is 0.670. The van der Waals surface area contributed by atoms with E-state index in [4.69, 9.17) is 23.2 Å². The molecule has 1 unspecified atom stereocenters. The maximum Gasteiger partial charge on any atom is 0.246 e. The van der Waals surface area contributed by atoms with E-state index in [1.165, 1.54) is 16.4 Å². The van der Waals surface area contributed by atoms with Crippen LogP contribution < -0.4 is 0 Å². The van der Waals surface area contributed by atoms with Gasteiger partial charge in [0.25, 0.3) is 0 Å². The van der Waals surface area contributed by atoms with Crippen molar-refractivity contribution in [2.24, 2.45) is 0 Å². The lowest BCUT2D eigenvalue weighted by molar-refractivity contribution is 0.356. The van der Waals surface area contributed by atoms with Gasteiger partial charge in [0.05, 0.1) is 10.0 Å². The van der Waals surface area contributed by atoms with Gasteiger partial charge >= 0.3 is 0 Å². The topological polar surface area (TPSA) is 37.4 Å². The fourth-order valence-electron chi connectivity index (χ4n) is 2.02. The molecule has 0 saturated carbocycles. The van der Waals surface area contributed by atoms with E-state index in [0.717, 1.165) is 12.8 Å². The number of sulfonamides is 1. The molecule has 1 aromatic rings. The number of nitrogens with zero attached hydrogens (tertiary/aromatic N) is 1. The third-order valence-corrected chi connectivity index (χ3v) is 6.88. The number of alkyl halides is 1. The smallest absolute Gasteiger partial charge is 0.207 e.